The predicted octanol–water partition coefficient (Wildman–Crippen LogP) is 6.92. The van der Waals surface area contributed by atoms with Crippen LogP contribution < -0.4 is 16.8 Å². The number of hydrogen-bond donors (Lipinski definition) is 3. The lowest BCUT2D eigenvalue weighted by Crippen LogP contribution is -2.50. The van der Waals surface area contributed by atoms with Crippen LogP contribution in [0.1, 0.15) is 24.0 Å². The summed E-state index contributed by atoms with van der Waals surface area (Å²) in [6.07, 6.45) is 2.33. The maximum absolute atomic E-state index is 14.8. The van der Waals surface area contributed by atoms with Crippen molar-refractivity contribution in [3.05, 3.63) is 107 Å². The minimum absolute atomic E-state index is 0.00784. The van der Waals surface area contributed by atoms with Crippen molar-refractivity contribution >= 4 is 39.5 Å². The number of nitrogens with one attached hydrogen (secondary N) is 1. The Morgan fingerprint density at radius 2 is 1.31 bits per heavy atom. The highest BCUT2D eigenvalue weighted by Gasteiger charge is 2.43. The highest BCUT2D eigenvalue weighted by molar-refractivity contribution is 9.10. The molecule has 1 amide bonds. The molecule has 3 aromatic heterocycles. The van der Waals surface area contributed by atoms with Crippen molar-refractivity contribution in [1.29, 1.82) is 15.8 Å². The van der Waals surface area contributed by atoms with Gasteiger partial charge in [0.2, 0.25) is 23.3 Å². The van der Waals surface area contributed by atoms with E-state index >= 15 is 0 Å². The number of aromatic nitrogens is 3. The number of nitriles is 3. The summed E-state index contributed by atoms with van der Waals surface area (Å²) in [5.74, 6) is -0.258. The molecule has 0 spiro atoms. The quantitative estimate of drug-likeness (QED) is 0.152. The fourth-order valence-electron chi connectivity index (χ4n) is 4.97. The molecule has 14 nitrogen and oxygen atoms in total. The Kier molecular flexibility index (Phi) is 11.6. The van der Waals surface area contributed by atoms with Crippen LogP contribution in [0.4, 0.5) is 22.0 Å². The highest BCUT2D eigenvalue weighted by atomic mass is 79.9. The van der Waals surface area contributed by atoms with Crippen LogP contribution in [0.25, 0.3) is 33.8 Å². The molecule has 4 heterocycles. The summed E-state index contributed by atoms with van der Waals surface area (Å²) in [5.41, 5.74) is 14.0. The van der Waals surface area contributed by atoms with Gasteiger partial charge in [-0.1, -0.05) is 67.8 Å². The molecule has 1 atom stereocenters. The van der Waals surface area contributed by atoms with E-state index in [-0.39, 0.29) is 24.7 Å². The van der Waals surface area contributed by atoms with E-state index in [0.717, 1.165) is 21.3 Å². The van der Waals surface area contributed by atoms with Crippen LogP contribution in [0, 0.1) is 34.1 Å². The second-order valence-electron chi connectivity index (χ2n) is 11.2. The molecule has 6 aromatic rings. The average Bonchev–Trinajstić information content (AvgIpc) is 3.94. The summed E-state index contributed by atoms with van der Waals surface area (Å²) in [6, 6.07) is 30.5. The first-order valence-corrected chi connectivity index (χ1v) is 16.2. The third-order valence-corrected chi connectivity index (χ3v) is 7.98. The second-order valence-corrected chi connectivity index (χ2v) is 12.2. The number of carbonyl (C=O) groups excluding carboxylic acids is 1. The highest BCUT2D eigenvalue weighted by Crippen LogP contribution is 2.29. The summed E-state index contributed by atoms with van der Waals surface area (Å²) < 4.78 is 30.4. The number of hydrogen-bond acceptors (Lipinski definition) is 13. The molecule has 0 radical (unpaired) electrons. The molecule has 16 heteroatoms. The number of carbonyl (C=O) groups is 1. The molecular weight excluding hydrogens is 735 g/mol. The molecule has 0 aliphatic carbocycles. The zero-order valence-corrected chi connectivity index (χ0v) is 28.7. The number of amides is 1. The molecule has 0 saturated carbocycles. The van der Waals surface area contributed by atoms with Gasteiger partial charge in [0.05, 0.1) is 29.8 Å². The fourth-order valence-corrected chi connectivity index (χ4v) is 5.37. The third-order valence-electron chi connectivity index (χ3n) is 7.49. The fraction of sp³-hybridized carbons (Fsp3) is 0.139. The van der Waals surface area contributed by atoms with Gasteiger partial charge in [-0.15, -0.1) is 0 Å². The van der Waals surface area contributed by atoms with Crippen LogP contribution in [0.5, 0.6) is 0 Å². The van der Waals surface area contributed by atoms with Crippen molar-refractivity contribution in [3.63, 3.8) is 0 Å². The third kappa shape index (κ3) is 9.38. The van der Waals surface area contributed by atoms with Gasteiger partial charge in [-0.2, -0.15) is 15.8 Å². The number of anilines is 3. The zero-order valence-electron chi connectivity index (χ0n) is 27.2. The summed E-state index contributed by atoms with van der Waals surface area (Å²) in [6.45, 7) is 0.164. The van der Waals surface area contributed by atoms with E-state index in [1.807, 2.05) is 42.6 Å². The number of nitrogen functional groups attached to an aromatic ring is 2. The molecule has 5 N–H and O–H groups in total. The zero-order chi connectivity index (χ0) is 37.1. The Morgan fingerprint density at radius 1 is 0.788 bits per heavy atom. The van der Waals surface area contributed by atoms with Gasteiger partial charge in [0, 0.05) is 45.9 Å². The van der Waals surface area contributed by atoms with Gasteiger partial charge in [-0.05, 0) is 49.2 Å². The first-order valence-electron chi connectivity index (χ1n) is 15.4. The number of alkyl halides is 1. The van der Waals surface area contributed by atoms with Crippen LogP contribution in [0.2, 0.25) is 0 Å². The summed E-state index contributed by atoms with van der Waals surface area (Å²) in [5, 5.41) is 40.3. The lowest BCUT2D eigenvalue weighted by Gasteiger charge is -2.32. The van der Waals surface area contributed by atoms with E-state index in [1.54, 1.807) is 54.6 Å². The first-order chi connectivity index (χ1) is 25.1. The normalized spacial score (nSPS) is 14.6. The van der Waals surface area contributed by atoms with Gasteiger partial charge in [-0.25, -0.2) is 4.39 Å². The summed E-state index contributed by atoms with van der Waals surface area (Å²) in [4.78, 5) is 13.5. The first kappa shape index (κ1) is 36.3. The van der Waals surface area contributed by atoms with Crippen molar-refractivity contribution < 1.29 is 22.8 Å². The number of halogens is 2. The van der Waals surface area contributed by atoms with E-state index < -0.39 is 11.6 Å². The topological polar surface area (TPSA) is 234 Å². The van der Waals surface area contributed by atoms with Crippen molar-refractivity contribution in [3.8, 4) is 52.1 Å². The van der Waals surface area contributed by atoms with Gasteiger partial charge in [0.25, 0.3) is 5.91 Å². The number of nitrogens with two attached hydrogens (primary N) is 2. The molecule has 1 fully saturated rings. The van der Waals surface area contributed by atoms with Crippen LogP contribution in [-0.4, -0.2) is 45.0 Å². The molecule has 1 aliphatic heterocycles. The van der Waals surface area contributed by atoms with Gasteiger partial charge >= 0.3 is 0 Å². The number of rotatable bonds is 5. The van der Waals surface area contributed by atoms with Gasteiger partial charge < -0.3 is 29.9 Å². The van der Waals surface area contributed by atoms with Crippen LogP contribution >= 0.6 is 15.9 Å². The second kappa shape index (κ2) is 16.6. The molecule has 1 saturated heterocycles. The number of likely N-dealkylation sites (tertiary alicyclic amines) is 1. The number of nitrogens with zero attached hydrogens (tertiary/aromatic N) is 7. The van der Waals surface area contributed by atoms with Gasteiger partial charge in [-0.3, -0.25) is 10.1 Å². The van der Waals surface area contributed by atoms with E-state index in [2.05, 4.69) is 42.8 Å². The molecule has 1 unspecified atom stereocenters. The van der Waals surface area contributed by atoms with Crippen molar-refractivity contribution in [1.82, 2.24) is 20.4 Å². The van der Waals surface area contributed by atoms with Crippen LogP contribution in [0.15, 0.2) is 109 Å². The molecule has 52 heavy (non-hydrogen) atoms. The number of piperidine rings is 1. The average molecular weight is 764 g/mol. The standard InChI is InChI=1S/C17H14FN5O2.C10H7N3O.C9H7BrN2O/c18-17(5-2-6-23(10-17)11-20)16(24)21-15-8-14(22-25-15)13-4-1-3-12(7-13)9-19;11-6-7-2-1-3-8(4-7)9-5-10(12)14-13-9;10-7-3-1-2-6(4-7)8-5-9(11)13-12-8/h1,3-4,7-8H,2,5-6,10H2,(H,21,24);1-5H,12H2;1-5H,11H2. The maximum Gasteiger partial charge on any atom is 0.266 e. The molecule has 3 aromatic carbocycles. The van der Waals surface area contributed by atoms with Gasteiger partial charge in [0.15, 0.2) is 6.19 Å². The van der Waals surface area contributed by atoms with Crippen molar-refractivity contribution in [2.45, 2.75) is 18.5 Å². The minimum atomic E-state index is -2.15. The van der Waals surface area contributed by atoms with E-state index in [4.69, 9.17) is 40.8 Å². The van der Waals surface area contributed by atoms with Gasteiger partial charge in [0.1, 0.15) is 17.1 Å². The van der Waals surface area contributed by atoms with Crippen molar-refractivity contribution in [2.75, 3.05) is 29.9 Å². The molecule has 0 bridgehead atoms. The Hall–Kier alpha value is -6.96. The Morgan fingerprint density at radius 3 is 1.81 bits per heavy atom. The lowest BCUT2D eigenvalue weighted by molar-refractivity contribution is -0.130. The Bertz CT molecular complexity index is 2300. The minimum Gasteiger partial charge on any atom is -0.368 e. The summed E-state index contributed by atoms with van der Waals surface area (Å²) in [7, 11) is 0. The molecule has 260 valence electrons. The largest absolute Gasteiger partial charge is 0.368 e. The molecule has 1 aliphatic rings. The SMILES string of the molecule is N#Cc1cccc(-c2cc(N)on2)c1.N#Cc1cccc(-c2cc(NC(=O)C3(F)CCCN(C#N)C3)on2)c1.Nc1cc(-c2cccc(Br)c2)no1. The predicted molar refractivity (Wildman–Crippen MR) is 191 cm³/mol. The maximum atomic E-state index is 14.8. The monoisotopic (exact) mass is 762 g/mol. The van der Waals surface area contributed by atoms with Crippen molar-refractivity contribution in [2.24, 2.45) is 0 Å². The Labute approximate surface area is 304 Å². The van der Waals surface area contributed by atoms with E-state index in [9.17, 15) is 9.18 Å². The lowest BCUT2D eigenvalue weighted by atomic mass is 9.94. The van der Waals surface area contributed by atoms with Crippen LogP contribution in [-0.2, 0) is 4.79 Å². The molecule has 7 rings (SSSR count). The summed E-state index contributed by atoms with van der Waals surface area (Å²) >= 11 is 3.38. The Balaban J connectivity index is 0.000000164. The van der Waals surface area contributed by atoms with E-state index in [1.165, 1.54) is 11.0 Å². The molecular formula is C36H28BrFN10O4. The van der Waals surface area contributed by atoms with Crippen LogP contribution in [0.3, 0.4) is 0 Å². The smallest absolute Gasteiger partial charge is 0.266 e. The van der Waals surface area contributed by atoms with E-state index in [0.29, 0.717) is 46.9 Å². The number of benzene rings is 3.